The van der Waals surface area contributed by atoms with Gasteiger partial charge in [0.2, 0.25) is 0 Å². The zero-order valence-corrected chi connectivity index (χ0v) is 16.0. The second-order valence-electron chi connectivity index (χ2n) is 5.69. The average molecular weight is 397 g/mol. The van der Waals surface area contributed by atoms with E-state index in [1.165, 1.54) is 28.8 Å². The summed E-state index contributed by atoms with van der Waals surface area (Å²) in [6.45, 7) is 4.81. The van der Waals surface area contributed by atoms with E-state index < -0.39 is 11.7 Å². The molecule has 0 amide bonds. The van der Waals surface area contributed by atoms with Gasteiger partial charge in [-0.1, -0.05) is 36.9 Å². The minimum absolute atomic E-state index is 0.409. The molecule has 0 aliphatic carbocycles. The SMILES string of the molecule is CCc1cc(-c2nnc(SCc3cccc(C(F)(F)F)c3)n2CC)cs1. The van der Waals surface area contributed by atoms with Gasteiger partial charge in [0.1, 0.15) is 0 Å². The van der Waals surface area contributed by atoms with E-state index in [2.05, 4.69) is 28.6 Å². The van der Waals surface area contributed by atoms with Gasteiger partial charge < -0.3 is 4.57 Å². The molecule has 3 aromatic rings. The summed E-state index contributed by atoms with van der Waals surface area (Å²) in [5.74, 6) is 1.21. The number of halogens is 3. The molecule has 3 nitrogen and oxygen atoms in total. The molecule has 1 aromatic carbocycles. The lowest BCUT2D eigenvalue weighted by atomic mass is 10.1. The van der Waals surface area contributed by atoms with Gasteiger partial charge in [-0.15, -0.1) is 21.5 Å². The Bertz CT molecular complexity index is 884. The van der Waals surface area contributed by atoms with Crippen LogP contribution >= 0.6 is 23.1 Å². The van der Waals surface area contributed by atoms with Gasteiger partial charge >= 0.3 is 6.18 Å². The van der Waals surface area contributed by atoms with Crippen molar-refractivity contribution in [2.45, 2.75) is 43.9 Å². The van der Waals surface area contributed by atoms with E-state index in [0.29, 0.717) is 23.0 Å². The molecule has 2 heterocycles. The Labute approximate surface area is 158 Å². The quantitative estimate of drug-likeness (QED) is 0.485. The summed E-state index contributed by atoms with van der Waals surface area (Å²) in [5.41, 5.74) is 1.02. The van der Waals surface area contributed by atoms with Crippen LogP contribution in [0.2, 0.25) is 0 Å². The molecule has 0 saturated heterocycles. The van der Waals surface area contributed by atoms with Crippen molar-refractivity contribution in [1.82, 2.24) is 14.8 Å². The molecule has 8 heteroatoms. The van der Waals surface area contributed by atoms with E-state index in [4.69, 9.17) is 0 Å². The fraction of sp³-hybridized carbons (Fsp3) is 0.333. The summed E-state index contributed by atoms with van der Waals surface area (Å²) in [5, 5.41) is 11.3. The van der Waals surface area contributed by atoms with Crippen LogP contribution in [0.25, 0.3) is 11.4 Å². The number of nitrogens with zero attached hydrogens (tertiary/aromatic N) is 3. The summed E-state index contributed by atoms with van der Waals surface area (Å²) in [6.07, 6.45) is -3.35. The Hall–Kier alpha value is -1.80. The molecule has 26 heavy (non-hydrogen) atoms. The first-order chi connectivity index (χ1) is 12.4. The van der Waals surface area contributed by atoms with Crippen LogP contribution in [-0.4, -0.2) is 14.8 Å². The zero-order chi connectivity index (χ0) is 18.7. The van der Waals surface area contributed by atoms with Crippen molar-refractivity contribution < 1.29 is 13.2 Å². The third kappa shape index (κ3) is 4.12. The second kappa shape index (κ2) is 7.84. The normalized spacial score (nSPS) is 11.9. The summed E-state index contributed by atoms with van der Waals surface area (Å²) in [6, 6.07) is 7.52. The summed E-state index contributed by atoms with van der Waals surface area (Å²) >= 11 is 3.09. The molecule has 0 aliphatic heterocycles. The Morgan fingerprint density at radius 3 is 2.62 bits per heavy atom. The Kier molecular flexibility index (Phi) is 5.72. The van der Waals surface area contributed by atoms with Crippen LogP contribution in [-0.2, 0) is 24.9 Å². The highest BCUT2D eigenvalue weighted by Gasteiger charge is 2.30. The molecule has 0 aliphatic rings. The van der Waals surface area contributed by atoms with Gasteiger partial charge in [0.25, 0.3) is 0 Å². The second-order valence-corrected chi connectivity index (χ2v) is 7.63. The molecule has 138 valence electrons. The van der Waals surface area contributed by atoms with Gasteiger partial charge in [-0.05, 0) is 31.0 Å². The molecular formula is C18H18F3N3S2. The average Bonchev–Trinajstić information content (AvgIpc) is 3.25. The first-order valence-electron chi connectivity index (χ1n) is 8.22. The molecule has 3 rings (SSSR count). The van der Waals surface area contributed by atoms with Gasteiger partial charge in [-0.3, -0.25) is 0 Å². The minimum atomic E-state index is -4.33. The van der Waals surface area contributed by atoms with Crippen LogP contribution in [0.4, 0.5) is 13.2 Å². The fourth-order valence-electron chi connectivity index (χ4n) is 2.56. The standard InChI is InChI=1S/C18H18F3N3S2/c1-3-15-9-13(11-25-15)16-22-23-17(24(16)4-2)26-10-12-6-5-7-14(8-12)18(19,20)21/h5-9,11H,3-4,10H2,1-2H3. The van der Waals surface area contributed by atoms with E-state index in [1.54, 1.807) is 17.4 Å². The largest absolute Gasteiger partial charge is 0.416 e. The summed E-state index contributed by atoms with van der Waals surface area (Å²) in [4.78, 5) is 1.28. The van der Waals surface area contributed by atoms with Gasteiger partial charge in [-0.25, -0.2) is 0 Å². The first-order valence-corrected chi connectivity index (χ1v) is 10.1. The number of aryl methyl sites for hydroxylation is 1. The number of thiophene rings is 1. The Morgan fingerprint density at radius 2 is 1.96 bits per heavy atom. The highest BCUT2D eigenvalue weighted by Crippen LogP contribution is 2.32. The molecule has 0 radical (unpaired) electrons. The molecule has 0 atom stereocenters. The van der Waals surface area contributed by atoms with Crippen molar-refractivity contribution >= 4 is 23.1 Å². The summed E-state index contributed by atoms with van der Waals surface area (Å²) < 4.78 is 40.5. The fourth-order valence-corrected chi connectivity index (χ4v) is 4.32. The van der Waals surface area contributed by atoms with Crippen LogP contribution < -0.4 is 0 Å². The predicted molar refractivity (Wildman–Crippen MR) is 99.4 cm³/mol. The van der Waals surface area contributed by atoms with Crippen molar-refractivity contribution in [2.75, 3.05) is 0 Å². The van der Waals surface area contributed by atoms with Crippen LogP contribution in [0, 0.1) is 0 Å². The molecular weight excluding hydrogens is 379 g/mol. The Balaban J connectivity index is 1.79. The van der Waals surface area contributed by atoms with Gasteiger partial charge in [0.15, 0.2) is 11.0 Å². The maximum atomic E-state index is 12.8. The topological polar surface area (TPSA) is 30.7 Å². The number of hydrogen-bond acceptors (Lipinski definition) is 4. The van der Waals surface area contributed by atoms with Crippen LogP contribution in [0.5, 0.6) is 0 Å². The van der Waals surface area contributed by atoms with Crippen molar-refractivity contribution in [3.05, 3.63) is 51.7 Å². The molecule has 2 aromatic heterocycles. The molecule has 0 bridgehead atoms. The first kappa shape index (κ1) is 19.0. The minimum Gasteiger partial charge on any atom is -0.302 e. The van der Waals surface area contributed by atoms with Crippen LogP contribution in [0.15, 0.2) is 40.9 Å². The van der Waals surface area contributed by atoms with Crippen molar-refractivity contribution in [3.63, 3.8) is 0 Å². The van der Waals surface area contributed by atoms with Gasteiger partial charge in [0.05, 0.1) is 5.56 Å². The van der Waals surface area contributed by atoms with Crippen molar-refractivity contribution in [2.24, 2.45) is 0 Å². The molecule has 0 spiro atoms. The molecule has 0 fully saturated rings. The van der Waals surface area contributed by atoms with E-state index in [9.17, 15) is 13.2 Å². The van der Waals surface area contributed by atoms with E-state index in [1.807, 2.05) is 11.5 Å². The number of rotatable bonds is 6. The zero-order valence-electron chi connectivity index (χ0n) is 14.4. The number of alkyl halides is 3. The lowest BCUT2D eigenvalue weighted by Gasteiger charge is -2.09. The van der Waals surface area contributed by atoms with E-state index in [-0.39, 0.29) is 0 Å². The molecule has 0 unspecified atom stereocenters. The number of benzene rings is 1. The summed E-state index contributed by atoms with van der Waals surface area (Å²) in [7, 11) is 0. The maximum Gasteiger partial charge on any atom is 0.416 e. The van der Waals surface area contributed by atoms with Crippen molar-refractivity contribution in [1.29, 1.82) is 0 Å². The van der Waals surface area contributed by atoms with Gasteiger partial charge in [0, 0.05) is 28.1 Å². The number of aromatic nitrogens is 3. The number of hydrogen-bond donors (Lipinski definition) is 0. The Morgan fingerprint density at radius 1 is 1.15 bits per heavy atom. The molecule has 0 N–H and O–H groups in total. The highest BCUT2D eigenvalue weighted by atomic mass is 32.2. The predicted octanol–water partition coefficient (Wildman–Crippen LogP) is 5.90. The lowest BCUT2D eigenvalue weighted by molar-refractivity contribution is -0.137. The van der Waals surface area contributed by atoms with Crippen LogP contribution in [0.3, 0.4) is 0 Å². The van der Waals surface area contributed by atoms with E-state index >= 15 is 0 Å². The van der Waals surface area contributed by atoms with E-state index in [0.717, 1.165) is 23.9 Å². The monoisotopic (exact) mass is 397 g/mol. The van der Waals surface area contributed by atoms with Gasteiger partial charge in [-0.2, -0.15) is 13.2 Å². The van der Waals surface area contributed by atoms with Crippen LogP contribution in [0.1, 0.15) is 29.9 Å². The smallest absolute Gasteiger partial charge is 0.302 e. The lowest BCUT2D eigenvalue weighted by Crippen LogP contribution is -2.05. The number of thioether (sulfide) groups is 1. The molecule has 0 saturated carbocycles. The van der Waals surface area contributed by atoms with Crippen molar-refractivity contribution in [3.8, 4) is 11.4 Å². The maximum absolute atomic E-state index is 12.8. The highest BCUT2D eigenvalue weighted by molar-refractivity contribution is 7.98. The third-order valence-corrected chi connectivity index (χ3v) is 6.03. The third-order valence-electron chi connectivity index (χ3n) is 3.92.